The fourth-order valence-electron chi connectivity index (χ4n) is 2.55. The summed E-state index contributed by atoms with van der Waals surface area (Å²) in [4.78, 5) is 37.5. The van der Waals surface area contributed by atoms with Crippen LogP contribution in [0, 0.1) is 11.8 Å². The number of carbonyl (C=O) groups is 3. The Morgan fingerprint density at radius 3 is 1.88 bits per heavy atom. The van der Waals surface area contributed by atoms with Gasteiger partial charge in [0, 0.05) is 7.05 Å². The summed E-state index contributed by atoms with van der Waals surface area (Å²) in [7, 11) is 1.49. The van der Waals surface area contributed by atoms with E-state index in [9.17, 15) is 19.5 Å². The second-order valence-corrected chi connectivity index (χ2v) is 7.40. The number of nitrogens with two attached hydrogens (primary N) is 1. The van der Waals surface area contributed by atoms with Crippen molar-refractivity contribution < 1.29 is 24.6 Å². The van der Waals surface area contributed by atoms with E-state index in [1.54, 1.807) is 0 Å². The smallest absolute Gasteiger partial charge is 0.328 e. The number of amides is 2. The van der Waals surface area contributed by atoms with E-state index in [4.69, 9.17) is 10.8 Å². The minimum Gasteiger partial charge on any atom is -0.480 e. The second-order valence-electron chi connectivity index (χ2n) is 7.40. The van der Waals surface area contributed by atoms with Gasteiger partial charge in [0.15, 0.2) is 6.04 Å². The van der Waals surface area contributed by atoms with Gasteiger partial charge >= 0.3 is 5.97 Å². The number of rotatable bonds is 10. The van der Waals surface area contributed by atoms with Crippen molar-refractivity contribution in [2.24, 2.45) is 17.6 Å². The number of hydrogen-bond donors (Lipinski definition) is 4. The fraction of sp³-hybridized carbons (Fsp3) is 0.824. The van der Waals surface area contributed by atoms with Crippen LogP contribution >= 0.6 is 0 Å². The summed E-state index contributed by atoms with van der Waals surface area (Å²) in [5.74, 6) is -1.98. The molecule has 0 heterocycles. The van der Waals surface area contributed by atoms with Gasteiger partial charge in [0.05, 0.1) is 12.1 Å². The van der Waals surface area contributed by atoms with E-state index in [-0.39, 0.29) is 17.7 Å². The van der Waals surface area contributed by atoms with Crippen molar-refractivity contribution in [1.29, 1.82) is 0 Å². The molecular formula is C17H33N3O5. The maximum Gasteiger partial charge on any atom is 0.328 e. The minimum atomic E-state index is -1.44. The lowest BCUT2D eigenvalue weighted by atomic mass is 9.98. The van der Waals surface area contributed by atoms with E-state index >= 15 is 0 Å². The van der Waals surface area contributed by atoms with Crippen LogP contribution in [0.2, 0.25) is 0 Å². The van der Waals surface area contributed by atoms with Crippen molar-refractivity contribution in [3.05, 3.63) is 0 Å². The third-order valence-electron chi connectivity index (χ3n) is 3.90. The number of nitrogens with zero attached hydrogens (tertiary/aromatic N) is 1. The van der Waals surface area contributed by atoms with E-state index in [0.717, 1.165) is 0 Å². The Hall–Kier alpha value is -1.67. The molecule has 5 N–H and O–H groups in total. The lowest BCUT2D eigenvalue weighted by molar-refractivity contribution is -0.147. The lowest BCUT2D eigenvalue weighted by Gasteiger charge is -2.32. The molecule has 0 bridgehead atoms. The third-order valence-corrected chi connectivity index (χ3v) is 3.90. The average molecular weight is 359 g/mol. The first-order valence-electron chi connectivity index (χ1n) is 8.61. The van der Waals surface area contributed by atoms with Gasteiger partial charge < -0.3 is 26.2 Å². The third kappa shape index (κ3) is 7.83. The number of aliphatic hydroxyl groups excluding tert-OH is 1. The Kier molecular flexibility index (Phi) is 9.66. The molecule has 0 saturated heterocycles. The van der Waals surface area contributed by atoms with Gasteiger partial charge in [-0.25, -0.2) is 4.79 Å². The molecule has 0 rings (SSSR count). The molecule has 8 heteroatoms. The van der Waals surface area contributed by atoms with E-state index < -0.39 is 36.1 Å². The Bertz CT molecular complexity index is 465. The first-order valence-corrected chi connectivity index (χ1v) is 8.61. The first-order chi connectivity index (χ1) is 11.4. The van der Waals surface area contributed by atoms with Gasteiger partial charge in [-0.2, -0.15) is 0 Å². The molecule has 0 radical (unpaired) electrons. The van der Waals surface area contributed by atoms with Gasteiger partial charge in [-0.15, -0.1) is 0 Å². The van der Waals surface area contributed by atoms with Gasteiger partial charge in [0.1, 0.15) is 6.04 Å². The van der Waals surface area contributed by atoms with Crippen molar-refractivity contribution in [3.63, 3.8) is 0 Å². The van der Waals surface area contributed by atoms with Crippen molar-refractivity contribution in [3.8, 4) is 0 Å². The van der Waals surface area contributed by atoms with Crippen molar-refractivity contribution in [2.45, 2.75) is 71.7 Å². The van der Waals surface area contributed by atoms with Crippen LogP contribution in [0.15, 0.2) is 0 Å². The monoisotopic (exact) mass is 359 g/mol. The highest BCUT2D eigenvalue weighted by Gasteiger charge is 2.34. The lowest BCUT2D eigenvalue weighted by Crippen LogP contribution is -2.57. The number of carbonyl (C=O) groups excluding carboxylic acids is 2. The van der Waals surface area contributed by atoms with E-state index in [0.29, 0.717) is 12.8 Å². The zero-order chi connectivity index (χ0) is 19.9. The summed E-state index contributed by atoms with van der Waals surface area (Å²) in [5.41, 5.74) is 5.93. The number of likely N-dealkylation sites (N-methyl/N-ethyl adjacent to an activating group) is 1. The number of aliphatic hydroxyl groups is 1. The molecule has 4 atom stereocenters. The average Bonchev–Trinajstić information content (AvgIpc) is 2.46. The topological polar surface area (TPSA) is 133 Å². The van der Waals surface area contributed by atoms with Crippen LogP contribution in [0.5, 0.6) is 0 Å². The fourth-order valence-corrected chi connectivity index (χ4v) is 2.55. The zero-order valence-corrected chi connectivity index (χ0v) is 16.0. The summed E-state index contributed by atoms with van der Waals surface area (Å²) in [6.45, 7) is 8.98. The summed E-state index contributed by atoms with van der Waals surface area (Å²) in [6.07, 6.45) is -0.412. The van der Waals surface area contributed by atoms with Crippen LogP contribution in [0.1, 0.15) is 47.5 Å². The Morgan fingerprint density at radius 2 is 1.52 bits per heavy atom. The predicted molar refractivity (Wildman–Crippen MR) is 94.7 cm³/mol. The maximum absolute atomic E-state index is 12.6. The summed E-state index contributed by atoms with van der Waals surface area (Å²) in [5, 5.41) is 21.0. The van der Waals surface area contributed by atoms with Gasteiger partial charge in [0.2, 0.25) is 11.8 Å². The second kappa shape index (κ2) is 10.4. The first kappa shape index (κ1) is 23.3. The minimum absolute atomic E-state index is 0.0992. The Balaban J connectivity index is 5.30. The molecule has 146 valence electrons. The van der Waals surface area contributed by atoms with E-state index in [1.807, 2.05) is 27.7 Å². The normalized spacial score (nSPS) is 16.2. The zero-order valence-electron chi connectivity index (χ0n) is 16.0. The van der Waals surface area contributed by atoms with Crippen molar-refractivity contribution in [2.75, 3.05) is 7.05 Å². The molecule has 0 aliphatic rings. The Morgan fingerprint density at radius 1 is 1.04 bits per heavy atom. The van der Waals surface area contributed by atoms with Crippen LogP contribution in [0.25, 0.3) is 0 Å². The molecule has 0 aromatic carbocycles. The summed E-state index contributed by atoms with van der Waals surface area (Å²) < 4.78 is 0. The van der Waals surface area contributed by atoms with Crippen LogP contribution in [-0.4, -0.2) is 64.2 Å². The number of nitrogens with one attached hydrogen (secondary N) is 1. The molecule has 0 aliphatic carbocycles. The van der Waals surface area contributed by atoms with Gasteiger partial charge in [-0.05, 0) is 31.6 Å². The molecule has 0 fully saturated rings. The Labute approximate surface area is 149 Å². The summed E-state index contributed by atoms with van der Waals surface area (Å²) >= 11 is 0. The highest BCUT2D eigenvalue weighted by Crippen LogP contribution is 2.14. The van der Waals surface area contributed by atoms with Gasteiger partial charge in [0.25, 0.3) is 0 Å². The molecule has 8 nitrogen and oxygen atoms in total. The van der Waals surface area contributed by atoms with Gasteiger partial charge in [-0.3, -0.25) is 9.59 Å². The van der Waals surface area contributed by atoms with Crippen molar-refractivity contribution in [1.82, 2.24) is 10.2 Å². The van der Waals surface area contributed by atoms with Crippen LogP contribution in [-0.2, 0) is 14.4 Å². The molecule has 25 heavy (non-hydrogen) atoms. The molecule has 0 saturated carbocycles. The molecule has 0 aromatic rings. The largest absolute Gasteiger partial charge is 0.480 e. The van der Waals surface area contributed by atoms with E-state index in [1.165, 1.54) is 18.9 Å². The highest BCUT2D eigenvalue weighted by atomic mass is 16.4. The molecule has 2 amide bonds. The molecule has 0 spiro atoms. The molecule has 0 aromatic heterocycles. The van der Waals surface area contributed by atoms with Crippen LogP contribution < -0.4 is 11.1 Å². The standard InChI is InChI=1S/C17H33N3O5/c1-9(2)7-12(18)16(23)20(6)13(8-10(3)4)15(22)19-14(11(5)21)17(24)25/h9-14,21H,7-8,18H2,1-6H3,(H,19,22)(H,24,25)/t11-,12+,13+,14+/m1/s1. The molecular weight excluding hydrogens is 326 g/mol. The van der Waals surface area contributed by atoms with Crippen molar-refractivity contribution >= 4 is 17.8 Å². The number of hydrogen-bond acceptors (Lipinski definition) is 5. The predicted octanol–water partition coefficient (Wildman–Crippen LogP) is 0.183. The maximum atomic E-state index is 12.6. The highest BCUT2D eigenvalue weighted by molar-refractivity contribution is 5.91. The summed E-state index contributed by atoms with van der Waals surface area (Å²) in [6, 6.07) is -3.01. The van der Waals surface area contributed by atoms with Crippen LogP contribution in [0.4, 0.5) is 0 Å². The quantitative estimate of drug-likeness (QED) is 0.440. The number of carboxylic acids is 1. The van der Waals surface area contributed by atoms with Crippen LogP contribution in [0.3, 0.4) is 0 Å². The number of aliphatic carboxylic acids is 1. The molecule has 0 aliphatic heterocycles. The van der Waals surface area contributed by atoms with E-state index in [2.05, 4.69) is 5.32 Å². The van der Waals surface area contributed by atoms with Gasteiger partial charge in [-0.1, -0.05) is 27.7 Å². The number of carboxylic acid groups (broad SMARTS) is 1. The molecule has 0 unspecified atom stereocenters. The SMILES string of the molecule is CC(C)C[C@H](N)C(=O)N(C)[C@@H](CC(C)C)C(=O)N[C@H](C(=O)O)[C@@H](C)O.